The smallest absolute Gasteiger partial charge is 0.164 e. The van der Waals surface area contributed by atoms with Crippen LogP contribution in [0.15, 0.2) is 35.8 Å². The number of nitrogens with zero attached hydrogens (tertiary/aromatic N) is 2. The summed E-state index contributed by atoms with van der Waals surface area (Å²) in [6.07, 6.45) is 1.93. The van der Waals surface area contributed by atoms with Crippen LogP contribution in [-0.2, 0) is 0 Å². The van der Waals surface area contributed by atoms with E-state index in [1.807, 2.05) is 17.8 Å². The van der Waals surface area contributed by atoms with Gasteiger partial charge in [0.2, 0.25) is 0 Å². The predicted octanol–water partition coefficient (Wildman–Crippen LogP) is 3.53. The molecule has 1 aromatic carbocycles. The summed E-state index contributed by atoms with van der Waals surface area (Å²) < 4.78 is 0. The quantitative estimate of drug-likeness (QED) is 0.758. The van der Waals surface area contributed by atoms with Gasteiger partial charge in [-0.05, 0) is 25.5 Å². The van der Waals surface area contributed by atoms with Crippen LogP contribution in [-0.4, -0.2) is 28.9 Å². The van der Waals surface area contributed by atoms with Gasteiger partial charge in [-0.25, -0.2) is 4.99 Å². The van der Waals surface area contributed by atoms with Gasteiger partial charge in [0.1, 0.15) is 0 Å². The third kappa shape index (κ3) is 2.91. The highest BCUT2D eigenvalue weighted by molar-refractivity contribution is 8.14. The lowest BCUT2D eigenvalue weighted by Crippen LogP contribution is -2.24. The maximum Gasteiger partial charge on any atom is 0.164 e. The molecule has 0 aliphatic carbocycles. The summed E-state index contributed by atoms with van der Waals surface area (Å²) >= 11 is 1.83. The molecule has 1 aliphatic rings. The Hall–Kier alpha value is -1.22. The number of rotatable bonds is 3. The van der Waals surface area contributed by atoms with Crippen molar-refractivity contribution in [1.29, 1.82) is 0 Å². The lowest BCUT2D eigenvalue weighted by Gasteiger charge is -2.15. The molecule has 0 atom stereocenters. The van der Waals surface area contributed by atoms with E-state index in [1.54, 1.807) is 0 Å². The molecule has 2 nitrogen and oxygen atoms in total. The van der Waals surface area contributed by atoms with Crippen LogP contribution in [0.4, 0.5) is 5.69 Å². The van der Waals surface area contributed by atoms with Crippen molar-refractivity contribution in [3.8, 4) is 0 Å². The normalized spacial score (nSPS) is 17.8. The van der Waals surface area contributed by atoms with E-state index in [2.05, 4.69) is 43.5 Å². The predicted molar refractivity (Wildman–Crippen MR) is 77.2 cm³/mol. The van der Waals surface area contributed by atoms with Crippen molar-refractivity contribution in [3.05, 3.63) is 42.0 Å². The molecule has 3 heteroatoms. The molecule has 2 rings (SSSR count). The van der Waals surface area contributed by atoms with Crippen LogP contribution >= 0.6 is 11.8 Å². The Balaban J connectivity index is 2.25. The Morgan fingerprint density at radius 3 is 3.00 bits per heavy atom. The molecule has 0 unspecified atom stereocenters. The highest BCUT2D eigenvalue weighted by Gasteiger charge is 2.18. The van der Waals surface area contributed by atoms with Crippen molar-refractivity contribution in [2.45, 2.75) is 13.8 Å². The molecule has 0 bridgehead atoms. The van der Waals surface area contributed by atoms with Crippen molar-refractivity contribution in [2.75, 3.05) is 18.8 Å². The van der Waals surface area contributed by atoms with Gasteiger partial charge in [0.15, 0.2) is 5.17 Å². The summed E-state index contributed by atoms with van der Waals surface area (Å²) in [4.78, 5) is 7.03. The van der Waals surface area contributed by atoms with Gasteiger partial charge in [-0.15, -0.1) is 6.58 Å². The van der Waals surface area contributed by atoms with Crippen LogP contribution in [0.3, 0.4) is 0 Å². The second-order valence-corrected chi connectivity index (χ2v) is 5.33. The van der Waals surface area contributed by atoms with Crippen LogP contribution in [0.1, 0.15) is 11.1 Å². The second-order valence-electron chi connectivity index (χ2n) is 4.27. The van der Waals surface area contributed by atoms with Crippen LogP contribution in [0.2, 0.25) is 0 Å². The maximum atomic E-state index is 4.76. The minimum absolute atomic E-state index is 0.886. The Labute approximate surface area is 107 Å². The number of aliphatic imine (C=N–C) groups is 1. The molecule has 0 radical (unpaired) electrons. The molecular weight excluding hydrogens is 228 g/mol. The van der Waals surface area contributed by atoms with Crippen molar-refractivity contribution < 1.29 is 0 Å². The third-order valence-electron chi connectivity index (χ3n) is 2.78. The van der Waals surface area contributed by atoms with E-state index in [-0.39, 0.29) is 0 Å². The van der Waals surface area contributed by atoms with Gasteiger partial charge in [0, 0.05) is 18.8 Å². The van der Waals surface area contributed by atoms with Crippen LogP contribution in [0.25, 0.3) is 0 Å². The van der Waals surface area contributed by atoms with E-state index in [1.165, 1.54) is 11.1 Å². The summed E-state index contributed by atoms with van der Waals surface area (Å²) in [6, 6.07) is 6.39. The minimum atomic E-state index is 0.886. The fourth-order valence-electron chi connectivity index (χ4n) is 1.90. The number of aryl methyl sites for hydroxylation is 2. The molecule has 0 amide bonds. The molecule has 0 N–H and O–H groups in total. The highest BCUT2D eigenvalue weighted by atomic mass is 32.2. The van der Waals surface area contributed by atoms with E-state index >= 15 is 0 Å². The van der Waals surface area contributed by atoms with Gasteiger partial charge in [-0.3, -0.25) is 0 Å². The lowest BCUT2D eigenvalue weighted by molar-refractivity contribution is 0.513. The second kappa shape index (κ2) is 5.41. The lowest BCUT2D eigenvalue weighted by atomic mass is 10.1. The zero-order valence-electron chi connectivity index (χ0n) is 10.4. The Bertz CT molecular complexity index is 452. The molecule has 1 aromatic rings. The first-order valence-corrected chi connectivity index (χ1v) is 6.84. The fraction of sp³-hybridized carbons (Fsp3) is 0.357. The van der Waals surface area contributed by atoms with Gasteiger partial charge >= 0.3 is 0 Å². The van der Waals surface area contributed by atoms with Crippen LogP contribution in [0, 0.1) is 13.8 Å². The molecule has 1 heterocycles. The molecule has 0 spiro atoms. The first kappa shape index (κ1) is 12.2. The SMILES string of the molecule is C=CCN1CCSC1=Nc1ccc(C)cc1C. The van der Waals surface area contributed by atoms with Gasteiger partial charge < -0.3 is 4.90 Å². The number of amidine groups is 1. The summed E-state index contributed by atoms with van der Waals surface area (Å²) in [5.41, 5.74) is 3.60. The molecular formula is C14H18N2S. The summed E-state index contributed by atoms with van der Waals surface area (Å²) in [5.74, 6) is 1.12. The summed E-state index contributed by atoms with van der Waals surface area (Å²) in [6.45, 7) is 9.97. The van der Waals surface area contributed by atoms with E-state index in [9.17, 15) is 0 Å². The minimum Gasteiger partial charge on any atom is -0.347 e. The van der Waals surface area contributed by atoms with Gasteiger partial charge in [-0.2, -0.15) is 0 Å². The molecule has 90 valence electrons. The standard InChI is InChI=1S/C14H18N2S/c1-4-7-16-8-9-17-14(16)15-13-6-5-11(2)10-12(13)3/h4-6,10H,1,7-9H2,2-3H3. The Morgan fingerprint density at radius 2 is 2.29 bits per heavy atom. The van der Waals surface area contributed by atoms with Crippen molar-refractivity contribution in [3.63, 3.8) is 0 Å². The number of hydrogen-bond donors (Lipinski definition) is 0. The third-order valence-corrected chi connectivity index (χ3v) is 3.78. The summed E-state index contributed by atoms with van der Waals surface area (Å²) in [7, 11) is 0. The van der Waals surface area contributed by atoms with Gasteiger partial charge in [0.25, 0.3) is 0 Å². The van der Waals surface area contributed by atoms with Crippen molar-refractivity contribution >= 4 is 22.6 Å². The fourth-order valence-corrected chi connectivity index (χ4v) is 2.90. The topological polar surface area (TPSA) is 15.6 Å². The molecule has 1 saturated heterocycles. The maximum absolute atomic E-state index is 4.76. The van der Waals surface area contributed by atoms with E-state index in [0.29, 0.717) is 0 Å². The van der Waals surface area contributed by atoms with Crippen LogP contribution < -0.4 is 0 Å². The monoisotopic (exact) mass is 246 g/mol. The zero-order chi connectivity index (χ0) is 12.3. The Kier molecular flexibility index (Phi) is 3.89. The van der Waals surface area contributed by atoms with Gasteiger partial charge in [-0.1, -0.05) is 35.5 Å². The molecule has 17 heavy (non-hydrogen) atoms. The van der Waals surface area contributed by atoms with Crippen LogP contribution in [0.5, 0.6) is 0 Å². The first-order chi connectivity index (χ1) is 8.20. The highest BCUT2D eigenvalue weighted by Crippen LogP contribution is 2.25. The average molecular weight is 246 g/mol. The van der Waals surface area contributed by atoms with Crippen molar-refractivity contribution in [2.24, 2.45) is 4.99 Å². The first-order valence-electron chi connectivity index (χ1n) is 5.85. The van der Waals surface area contributed by atoms with Gasteiger partial charge in [0.05, 0.1) is 5.69 Å². The number of thioether (sulfide) groups is 1. The molecule has 0 saturated carbocycles. The largest absolute Gasteiger partial charge is 0.347 e. The number of benzene rings is 1. The number of hydrogen-bond acceptors (Lipinski definition) is 2. The van der Waals surface area contributed by atoms with E-state index < -0.39 is 0 Å². The Morgan fingerprint density at radius 1 is 1.47 bits per heavy atom. The molecule has 0 aromatic heterocycles. The van der Waals surface area contributed by atoms with Crippen molar-refractivity contribution in [1.82, 2.24) is 4.90 Å². The molecule has 1 fully saturated rings. The zero-order valence-corrected chi connectivity index (χ0v) is 11.3. The van der Waals surface area contributed by atoms with E-state index in [0.717, 1.165) is 29.7 Å². The average Bonchev–Trinajstić information content (AvgIpc) is 2.71. The van der Waals surface area contributed by atoms with E-state index in [4.69, 9.17) is 4.99 Å². The summed E-state index contributed by atoms with van der Waals surface area (Å²) in [5, 5.41) is 1.12. The molecule has 1 aliphatic heterocycles.